The number of benzene rings is 1. The highest BCUT2D eigenvalue weighted by Crippen LogP contribution is 2.22. The van der Waals surface area contributed by atoms with Crippen LogP contribution in [0.5, 0.6) is 0 Å². The Balaban J connectivity index is 2.48. The van der Waals surface area contributed by atoms with Crippen LogP contribution in [-0.4, -0.2) is 26.1 Å². The number of aromatic nitrogens is 3. The van der Waals surface area contributed by atoms with Gasteiger partial charge in [0.2, 0.25) is 0 Å². The number of unbranched alkanes of at least 4 members (excludes halogenated alkanes) is 1. The Morgan fingerprint density at radius 3 is 2.94 bits per heavy atom. The quantitative estimate of drug-likeness (QED) is 0.882. The molecule has 96 valence electrons. The lowest BCUT2D eigenvalue weighted by Gasteiger charge is -2.12. The minimum atomic E-state index is -0.938. The second kappa shape index (κ2) is 5.16. The summed E-state index contributed by atoms with van der Waals surface area (Å²) in [6.07, 6.45) is 3.18. The Hall–Kier alpha value is -1.91. The van der Waals surface area contributed by atoms with Crippen molar-refractivity contribution < 1.29 is 9.90 Å². The van der Waals surface area contributed by atoms with E-state index < -0.39 is 5.97 Å². The molecule has 18 heavy (non-hydrogen) atoms. The first-order chi connectivity index (χ1) is 8.65. The summed E-state index contributed by atoms with van der Waals surface area (Å²) < 4.78 is 1.73. The molecule has 0 amide bonds. The molecule has 2 rings (SSSR count). The van der Waals surface area contributed by atoms with Gasteiger partial charge >= 0.3 is 5.97 Å². The Labute approximate surface area is 105 Å². The summed E-state index contributed by atoms with van der Waals surface area (Å²) >= 11 is 0. The second-order valence-corrected chi connectivity index (χ2v) is 4.50. The van der Waals surface area contributed by atoms with Gasteiger partial charge in [-0.15, -0.1) is 5.10 Å². The molecule has 5 heteroatoms. The van der Waals surface area contributed by atoms with Crippen molar-refractivity contribution in [3.05, 3.63) is 23.8 Å². The molecule has 0 aliphatic carbocycles. The minimum Gasteiger partial charge on any atom is -0.478 e. The average Bonchev–Trinajstić information content (AvgIpc) is 2.79. The fourth-order valence-corrected chi connectivity index (χ4v) is 2.10. The van der Waals surface area contributed by atoms with Gasteiger partial charge < -0.3 is 5.11 Å². The number of hydrogen-bond donors (Lipinski definition) is 1. The summed E-state index contributed by atoms with van der Waals surface area (Å²) in [6.45, 7) is 4.18. The number of fused-ring (bicyclic) bond motifs is 1. The fraction of sp³-hybridized carbons (Fsp3) is 0.462. The van der Waals surface area contributed by atoms with Crippen LogP contribution in [-0.2, 0) is 0 Å². The molecule has 5 nitrogen and oxygen atoms in total. The van der Waals surface area contributed by atoms with E-state index in [-0.39, 0.29) is 11.6 Å². The molecule has 1 aromatic heterocycles. The fourth-order valence-electron chi connectivity index (χ4n) is 2.10. The number of nitrogens with zero attached hydrogens (tertiary/aromatic N) is 3. The number of rotatable bonds is 5. The molecule has 0 bridgehead atoms. The maximum absolute atomic E-state index is 11.2. The first-order valence-corrected chi connectivity index (χ1v) is 6.22. The molecule has 0 saturated heterocycles. The molecule has 1 aromatic carbocycles. The monoisotopic (exact) mass is 247 g/mol. The van der Waals surface area contributed by atoms with Crippen LogP contribution in [0.25, 0.3) is 11.0 Å². The van der Waals surface area contributed by atoms with Gasteiger partial charge in [-0.05, 0) is 25.5 Å². The third kappa shape index (κ3) is 2.20. The van der Waals surface area contributed by atoms with Gasteiger partial charge in [-0.25, -0.2) is 9.48 Å². The number of aromatic carboxylic acids is 1. The summed E-state index contributed by atoms with van der Waals surface area (Å²) in [6, 6.07) is 5.24. The van der Waals surface area contributed by atoms with Gasteiger partial charge in [0, 0.05) is 0 Å². The highest BCUT2D eigenvalue weighted by molar-refractivity contribution is 6.00. The van der Waals surface area contributed by atoms with Gasteiger partial charge in [-0.3, -0.25) is 0 Å². The van der Waals surface area contributed by atoms with Crippen LogP contribution < -0.4 is 0 Å². The number of hydrogen-bond acceptors (Lipinski definition) is 3. The van der Waals surface area contributed by atoms with E-state index in [2.05, 4.69) is 17.2 Å². The molecule has 1 unspecified atom stereocenters. The predicted molar refractivity (Wildman–Crippen MR) is 68.7 cm³/mol. The zero-order valence-corrected chi connectivity index (χ0v) is 10.6. The molecule has 1 atom stereocenters. The molecule has 0 aliphatic rings. The molecule has 1 heterocycles. The third-order valence-electron chi connectivity index (χ3n) is 3.12. The first-order valence-electron chi connectivity index (χ1n) is 6.22. The molecule has 0 spiro atoms. The minimum absolute atomic E-state index is 0.162. The Kier molecular flexibility index (Phi) is 3.60. The number of carboxylic acid groups (broad SMARTS) is 1. The maximum Gasteiger partial charge on any atom is 0.337 e. The smallest absolute Gasteiger partial charge is 0.337 e. The average molecular weight is 247 g/mol. The normalized spacial score (nSPS) is 12.8. The van der Waals surface area contributed by atoms with E-state index in [0.29, 0.717) is 11.0 Å². The Morgan fingerprint density at radius 1 is 1.50 bits per heavy atom. The molecule has 1 N–H and O–H groups in total. The largest absolute Gasteiger partial charge is 0.478 e. The summed E-state index contributed by atoms with van der Waals surface area (Å²) in [5.74, 6) is -0.938. The van der Waals surface area contributed by atoms with Gasteiger partial charge in [0.15, 0.2) is 0 Å². The Bertz CT molecular complexity index is 562. The van der Waals surface area contributed by atoms with Crippen molar-refractivity contribution in [3.63, 3.8) is 0 Å². The van der Waals surface area contributed by atoms with Crippen LogP contribution >= 0.6 is 0 Å². The van der Waals surface area contributed by atoms with Crippen molar-refractivity contribution >= 4 is 17.0 Å². The van der Waals surface area contributed by atoms with E-state index >= 15 is 0 Å². The lowest BCUT2D eigenvalue weighted by Crippen LogP contribution is -2.10. The van der Waals surface area contributed by atoms with E-state index in [9.17, 15) is 9.90 Å². The van der Waals surface area contributed by atoms with Gasteiger partial charge in [-0.1, -0.05) is 31.0 Å². The van der Waals surface area contributed by atoms with Crippen LogP contribution in [0, 0.1) is 0 Å². The lowest BCUT2D eigenvalue weighted by atomic mass is 10.1. The molecular formula is C13H17N3O2. The van der Waals surface area contributed by atoms with Crippen LogP contribution in [0.15, 0.2) is 18.2 Å². The molecular weight excluding hydrogens is 230 g/mol. The van der Waals surface area contributed by atoms with Gasteiger partial charge in [0.25, 0.3) is 0 Å². The summed E-state index contributed by atoms with van der Waals surface area (Å²) in [5.41, 5.74) is 1.52. The van der Waals surface area contributed by atoms with Crippen molar-refractivity contribution in [1.29, 1.82) is 0 Å². The molecule has 0 aliphatic heterocycles. The second-order valence-electron chi connectivity index (χ2n) is 4.50. The number of carboxylic acids is 1. The van der Waals surface area contributed by atoms with E-state index in [1.54, 1.807) is 22.9 Å². The highest BCUT2D eigenvalue weighted by atomic mass is 16.4. The van der Waals surface area contributed by atoms with E-state index in [4.69, 9.17) is 0 Å². The molecule has 0 saturated carbocycles. The standard InChI is InChI=1S/C13H17N3O2/c1-3-4-6-9(2)16-12-10(13(17)18)7-5-8-11(12)14-15-16/h5,7-9H,3-4,6H2,1-2H3,(H,17,18). The SMILES string of the molecule is CCCCC(C)n1nnc2cccc(C(=O)O)c21. The molecule has 0 radical (unpaired) electrons. The summed E-state index contributed by atoms with van der Waals surface area (Å²) in [4.78, 5) is 11.2. The predicted octanol–water partition coefficient (Wildman–Crippen LogP) is 2.88. The third-order valence-corrected chi connectivity index (χ3v) is 3.12. The van der Waals surface area contributed by atoms with Crippen LogP contribution in [0.4, 0.5) is 0 Å². The van der Waals surface area contributed by atoms with E-state index in [1.807, 2.05) is 6.92 Å². The van der Waals surface area contributed by atoms with E-state index in [0.717, 1.165) is 19.3 Å². The van der Waals surface area contributed by atoms with Gasteiger partial charge in [-0.2, -0.15) is 0 Å². The lowest BCUT2D eigenvalue weighted by molar-refractivity contribution is 0.0698. The topological polar surface area (TPSA) is 68.0 Å². The van der Waals surface area contributed by atoms with Gasteiger partial charge in [0.05, 0.1) is 11.6 Å². The zero-order valence-electron chi connectivity index (χ0n) is 10.6. The van der Waals surface area contributed by atoms with Crippen molar-refractivity contribution in [2.24, 2.45) is 0 Å². The van der Waals surface area contributed by atoms with Crippen molar-refractivity contribution in [3.8, 4) is 0 Å². The molecule has 2 aromatic rings. The maximum atomic E-state index is 11.2. The van der Waals surface area contributed by atoms with Crippen molar-refractivity contribution in [2.45, 2.75) is 39.2 Å². The molecule has 0 fully saturated rings. The Morgan fingerprint density at radius 2 is 2.28 bits per heavy atom. The highest BCUT2D eigenvalue weighted by Gasteiger charge is 2.17. The zero-order chi connectivity index (χ0) is 13.1. The van der Waals surface area contributed by atoms with Crippen molar-refractivity contribution in [2.75, 3.05) is 0 Å². The van der Waals surface area contributed by atoms with Crippen LogP contribution in [0.2, 0.25) is 0 Å². The number of para-hydroxylation sites is 1. The van der Waals surface area contributed by atoms with Crippen LogP contribution in [0.3, 0.4) is 0 Å². The first kappa shape index (κ1) is 12.5. The van der Waals surface area contributed by atoms with E-state index in [1.165, 1.54) is 0 Å². The number of carbonyl (C=O) groups is 1. The summed E-state index contributed by atoms with van der Waals surface area (Å²) in [5, 5.41) is 17.3. The van der Waals surface area contributed by atoms with Gasteiger partial charge in [0.1, 0.15) is 11.0 Å². The summed E-state index contributed by atoms with van der Waals surface area (Å²) in [7, 11) is 0. The van der Waals surface area contributed by atoms with Crippen molar-refractivity contribution in [1.82, 2.24) is 15.0 Å². The van der Waals surface area contributed by atoms with Crippen LogP contribution in [0.1, 0.15) is 49.5 Å².